The highest BCUT2D eigenvalue weighted by atomic mass is 16.5. The summed E-state index contributed by atoms with van der Waals surface area (Å²) in [5.41, 5.74) is 1.52. The lowest BCUT2D eigenvalue weighted by Crippen LogP contribution is -2.49. The minimum absolute atomic E-state index is 0.0926. The fourth-order valence-electron chi connectivity index (χ4n) is 3.40. The molecule has 0 aliphatic rings. The highest BCUT2D eigenvalue weighted by molar-refractivity contribution is 5.94. The van der Waals surface area contributed by atoms with Crippen molar-refractivity contribution < 1.29 is 23.5 Å². The van der Waals surface area contributed by atoms with Gasteiger partial charge in [0.2, 0.25) is 0 Å². The summed E-state index contributed by atoms with van der Waals surface area (Å²) in [6, 6.07) is 15.3. The second-order valence-electron chi connectivity index (χ2n) is 7.66. The average molecular weight is 437 g/mol. The smallest absolute Gasteiger partial charge is 0.336 e. The molecule has 2 aromatic carbocycles. The number of rotatable bonds is 8. The fourth-order valence-corrected chi connectivity index (χ4v) is 3.40. The number of benzene rings is 2. The van der Waals surface area contributed by atoms with Crippen LogP contribution in [-0.4, -0.2) is 31.1 Å². The number of nitrogens with one attached hydrogen (secondary N) is 1. The molecule has 0 saturated carbocycles. The summed E-state index contributed by atoms with van der Waals surface area (Å²) in [5.74, 6) is -0.669. The van der Waals surface area contributed by atoms with Crippen LogP contribution in [0.3, 0.4) is 0 Å². The maximum absolute atomic E-state index is 12.6. The van der Waals surface area contributed by atoms with E-state index in [1.54, 1.807) is 25.1 Å². The van der Waals surface area contributed by atoms with Crippen molar-refractivity contribution in [1.82, 2.24) is 5.32 Å². The SMILES string of the molecule is CC[C@H](C)[C@@H](NC(=O)[C@@H](C)Oc1ccc2c(-c3ccccc3)cc(=O)oc2c1)C(=O)OC. The van der Waals surface area contributed by atoms with E-state index in [0.29, 0.717) is 17.8 Å². The zero-order chi connectivity index (χ0) is 23.3. The van der Waals surface area contributed by atoms with Crippen LogP contribution in [0.15, 0.2) is 63.8 Å². The molecule has 1 heterocycles. The van der Waals surface area contributed by atoms with Crippen molar-refractivity contribution >= 4 is 22.8 Å². The van der Waals surface area contributed by atoms with Crippen molar-refractivity contribution in [3.05, 3.63) is 65.0 Å². The number of esters is 1. The Kier molecular flexibility index (Phi) is 7.30. The number of ether oxygens (including phenoxy) is 2. The molecule has 1 amide bonds. The van der Waals surface area contributed by atoms with E-state index in [1.165, 1.54) is 13.2 Å². The predicted octanol–water partition coefficient (Wildman–Crippen LogP) is 3.93. The minimum Gasteiger partial charge on any atom is -0.481 e. The lowest BCUT2D eigenvalue weighted by molar-refractivity contribution is -0.147. The topological polar surface area (TPSA) is 94.8 Å². The molecule has 3 rings (SSSR count). The zero-order valence-electron chi connectivity index (χ0n) is 18.6. The monoisotopic (exact) mass is 437 g/mol. The number of hydrogen-bond donors (Lipinski definition) is 1. The van der Waals surface area contributed by atoms with Gasteiger partial charge in [0.25, 0.3) is 5.91 Å². The number of carbonyl (C=O) groups is 2. The van der Waals surface area contributed by atoms with Crippen LogP contribution >= 0.6 is 0 Å². The predicted molar refractivity (Wildman–Crippen MR) is 121 cm³/mol. The molecule has 168 valence electrons. The molecular weight excluding hydrogens is 410 g/mol. The van der Waals surface area contributed by atoms with Gasteiger partial charge in [0, 0.05) is 17.5 Å². The first-order chi connectivity index (χ1) is 15.3. The summed E-state index contributed by atoms with van der Waals surface area (Å²) in [7, 11) is 1.29. The molecule has 3 aromatic rings. The van der Waals surface area contributed by atoms with E-state index in [-0.39, 0.29) is 5.92 Å². The molecule has 0 spiro atoms. The van der Waals surface area contributed by atoms with Crippen LogP contribution in [0.2, 0.25) is 0 Å². The van der Waals surface area contributed by atoms with Crippen LogP contribution in [0.4, 0.5) is 0 Å². The van der Waals surface area contributed by atoms with Gasteiger partial charge in [-0.05, 0) is 36.1 Å². The summed E-state index contributed by atoms with van der Waals surface area (Å²) >= 11 is 0. The van der Waals surface area contributed by atoms with E-state index in [4.69, 9.17) is 13.9 Å². The fraction of sp³-hybridized carbons (Fsp3) is 0.320. The lowest BCUT2D eigenvalue weighted by atomic mass is 9.99. The second kappa shape index (κ2) is 10.1. The van der Waals surface area contributed by atoms with Gasteiger partial charge in [-0.3, -0.25) is 4.79 Å². The third-order valence-electron chi connectivity index (χ3n) is 5.45. The first kappa shape index (κ1) is 23.1. The molecule has 0 fully saturated rings. The minimum atomic E-state index is -0.882. The molecule has 1 N–H and O–H groups in total. The first-order valence-corrected chi connectivity index (χ1v) is 10.5. The van der Waals surface area contributed by atoms with Crippen molar-refractivity contribution in [1.29, 1.82) is 0 Å². The molecule has 3 atom stereocenters. The molecular formula is C25H27NO6. The van der Waals surface area contributed by atoms with Gasteiger partial charge >= 0.3 is 11.6 Å². The van der Waals surface area contributed by atoms with Crippen LogP contribution in [0.5, 0.6) is 5.75 Å². The summed E-state index contributed by atoms with van der Waals surface area (Å²) in [4.78, 5) is 36.8. The number of amides is 1. The molecule has 32 heavy (non-hydrogen) atoms. The van der Waals surface area contributed by atoms with Gasteiger partial charge in [0.1, 0.15) is 17.4 Å². The van der Waals surface area contributed by atoms with Gasteiger partial charge in [0.05, 0.1) is 7.11 Å². The Morgan fingerprint density at radius 1 is 1.06 bits per heavy atom. The Morgan fingerprint density at radius 2 is 1.78 bits per heavy atom. The largest absolute Gasteiger partial charge is 0.481 e. The summed E-state index contributed by atoms with van der Waals surface area (Å²) < 4.78 is 15.9. The zero-order valence-corrected chi connectivity index (χ0v) is 18.6. The third-order valence-corrected chi connectivity index (χ3v) is 5.45. The van der Waals surface area contributed by atoms with Crippen LogP contribution in [0.25, 0.3) is 22.1 Å². The Morgan fingerprint density at radius 3 is 2.44 bits per heavy atom. The van der Waals surface area contributed by atoms with Crippen LogP contribution in [-0.2, 0) is 14.3 Å². The molecule has 0 bridgehead atoms. The maximum Gasteiger partial charge on any atom is 0.336 e. The summed E-state index contributed by atoms with van der Waals surface area (Å²) in [6.07, 6.45) is -0.185. The first-order valence-electron chi connectivity index (χ1n) is 10.5. The Bertz CT molecular complexity index is 1150. The van der Waals surface area contributed by atoms with Crippen LogP contribution < -0.4 is 15.7 Å². The quantitative estimate of drug-likeness (QED) is 0.424. The standard InChI is InChI=1S/C25H27NO6/c1-5-15(2)23(25(29)30-4)26-24(28)16(3)31-18-11-12-19-20(17-9-7-6-8-10-17)14-22(27)32-21(19)13-18/h6-16,23H,5H2,1-4H3,(H,26,28)/t15-,16+,23+/m0/s1. The normalized spacial score (nSPS) is 13.8. The van der Waals surface area contributed by atoms with Crippen molar-refractivity contribution in [3.8, 4) is 16.9 Å². The molecule has 7 heteroatoms. The summed E-state index contributed by atoms with van der Waals surface area (Å²) in [6.45, 7) is 5.38. The van der Waals surface area contributed by atoms with Crippen molar-refractivity contribution in [2.75, 3.05) is 7.11 Å². The van der Waals surface area contributed by atoms with Crippen LogP contribution in [0, 0.1) is 5.92 Å². The Balaban J connectivity index is 1.82. The van der Waals surface area contributed by atoms with Gasteiger partial charge in [-0.2, -0.15) is 0 Å². The van der Waals surface area contributed by atoms with Crippen molar-refractivity contribution in [2.24, 2.45) is 5.92 Å². The van der Waals surface area contributed by atoms with Gasteiger partial charge in [-0.15, -0.1) is 0 Å². The number of fused-ring (bicyclic) bond motifs is 1. The summed E-state index contributed by atoms with van der Waals surface area (Å²) in [5, 5.41) is 3.46. The molecule has 7 nitrogen and oxygen atoms in total. The van der Waals surface area contributed by atoms with E-state index < -0.39 is 29.6 Å². The molecule has 0 aliphatic carbocycles. The van der Waals surface area contributed by atoms with E-state index in [0.717, 1.165) is 16.5 Å². The van der Waals surface area contributed by atoms with Crippen molar-refractivity contribution in [2.45, 2.75) is 39.3 Å². The van der Waals surface area contributed by atoms with Crippen LogP contribution in [0.1, 0.15) is 27.2 Å². The van der Waals surface area contributed by atoms with E-state index in [1.807, 2.05) is 44.2 Å². The number of hydrogen-bond acceptors (Lipinski definition) is 6. The molecule has 0 aliphatic heterocycles. The van der Waals surface area contributed by atoms with Gasteiger partial charge in [0.15, 0.2) is 6.10 Å². The van der Waals surface area contributed by atoms with E-state index in [2.05, 4.69) is 5.32 Å². The highest BCUT2D eigenvalue weighted by Crippen LogP contribution is 2.29. The lowest BCUT2D eigenvalue weighted by Gasteiger charge is -2.24. The molecule has 1 aromatic heterocycles. The number of carbonyl (C=O) groups excluding carboxylic acids is 2. The molecule has 0 radical (unpaired) electrons. The Labute approximate surface area is 186 Å². The van der Waals surface area contributed by atoms with E-state index >= 15 is 0 Å². The van der Waals surface area contributed by atoms with Gasteiger partial charge in [-0.1, -0.05) is 50.6 Å². The average Bonchev–Trinajstić information content (AvgIpc) is 2.81. The molecule has 0 unspecified atom stereocenters. The second-order valence-corrected chi connectivity index (χ2v) is 7.66. The van der Waals surface area contributed by atoms with Gasteiger partial charge < -0.3 is 19.2 Å². The Hall–Kier alpha value is -3.61. The number of methoxy groups -OCH3 is 1. The van der Waals surface area contributed by atoms with Gasteiger partial charge in [-0.25, -0.2) is 9.59 Å². The highest BCUT2D eigenvalue weighted by Gasteiger charge is 2.29. The van der Waals surface area contributed by atoms with E-state index in [9.17, 15) is 14.4 Å². The third kappa shape index (κ3) is 5.17. The maximum atomic E-state index is 12.6. The van der Waals surface area contributed by atoms with Crippen molar-refractivity contribution in [3.63, 3.8) is 0 Å². The molecule has 0 saturated heterocycles.